The van der Waals surface area contributed by atoms with Crippen molar-refractivity contribution in [3.63, 3.8) is 0 Å². The number of nitrogens with zero attached hydrogens (tertiary/aromatic N) is 1. The van der Waals surface area contributed by atoms with Crippen LogP contribution in [-0.2, 0) is 20.8 Å². The van der Waals surface area contributed by atoms with Crippen LogP contribution in [0.15, 0.2) is 70.5 Å². The number of halogens is 5. The number of carbonyl (C=O) groups is 2. The van der Waals surface area contributed by atoms with Crippen LogP contribution < -0.4 is 16.0 Å². The average Bonchev–Trinajstić information content (AvgIpc) is 3.26. The third-order valence-electron chi connectivity index (χ3n) is 5.13. The Hall–Kier alpha value is -4.37. The number of methoxy groups -OCH3 is 1. The molecule has 0 aliphatic carbocycles. The van der Waals surface area contributed by atoms with E-state index >= 15 is 0 Å². The second-order valence-corrected chi connectivity index (χ2v) is 9.63. The smallest absolute Gasteiger partial charge is 0.416 e. The summed E-state index contributed by atoms with van der Waals surface area (Å²) < 4.78 is 83.1. The van der Waals surface area contributed by atoms with E-state index in [1.54, 1.807) is 0 Å². The number of hydrogen-bond donors (Lipinski definition) is 4. The van der Waals surface area contributed by atoms with Crippen LogP contribution in [0.4, 0.5) is 44.5 Å². The van der Waals surface area contributed by atoms with Gasteiger partial charge in [-0.3, -0.25) is 5.32 Å². The van der Waals surface area contributed by atoms with Crippen molar-refractivity contribution in [1.82, 2.24) is 9.97 Å². The van der Waals surface area contributed by atoms with Crippen molar-refractivity contribution in [3.05, 3.63) is 72.0 Å². The van der Waals surface area contributed by atoms with Crippen molar-refractivity contribution in [2.45, 2.75) is 16.0 Å². The van der Waals surface area contributed by atoms with Gasteiger partial charge in [-0.25, -0.2) is 27.4 Å². The number of anilines is 3. The zero-order valence-electron chi connectivity index (χ0n) is 19.6. The minimum atomic E-state index is -4.73. The number of urea groups is 1. The molecule has 3 amide bonds. The average molecular weight is 588 g/mol. The number of hydrogen-bond acceptors (Lipinski definition) is 6. The molecule has 16 heteroatoms. The molecular formula is C23H18ClF4N5O5S. The van der Waals surface area contributed by atoms with Crippen LogP contribution in [0, 0.1) is 5.82 Å². The molecule has 0 saturated heterocycles. The first kappa shape index (κ1) is 29.2. The molecule has 4 N–H and O–H groups in total. The topological polar surface area (TPSA) is 142 Å². The number of sulfone groups is 1. The number of H-pyrrole nitrogens is 1. The van der Waals surface area contributed by atoms with E-state index in [2.05, 4.69) is 25.3 Å². The summed E-state index contributed by atoms with van der Waals surface area (Å²) in [4.78, 5) is 30.2. The lowest BCUT2D eigenvalue weighted by molar-refractivity contribution is -0.137. The lowest BCUT2D eigenvalue weighted by atomic mass is 10.2. The zero-order valence-corrected chi connectivity index (χ0v) is 21.2. The number of nitrogens with one attached hydrogen (secondary N) is 4. The Balaban J connectivity index is 0.00000420. The standard InChI is InChI=1S/C23H17F4N5O5S.ClH/c1-37-22(34)32-20-29-17-9-7-15(11-19(17)30-20)38(35,36)14-5-3-13(4-6-14)28-21(33)31-18-10-12(23(25,26)27)2-8-16(18)24;/h2-11H,1H3,(H2,28,31,33)(H2,29,30,32,34);1H. The van der Waals surface area contributed by atoms with Gasteiger partial charge >= 0.3 is 18.3 Å². The molecule has 1 aromatic heterocycles. The highest BCUT2D eigenvalue weighted by Gasteiger charge is 2.31. The predicted molar refractivity (Wildman–Crippen MR) is 135 cm³/mol. The van der Waals surface area contributed by atoms with E-state index < -0.39 is 45.2 Å². The van der Waals surface area contributed by atoms with Gasteiger partial charge < -0.3 is 20.4 Å². The molecule has 3 aromatic carbocycles. The molecule has 0 atom stereocenters. The van der Waals surface area contributed by atoms with Gasteiger partial charge in [-0.1, -0.05) is 0 Å². The van der Waals surface area contributed by atoms with Gasteiger partial charge in [0.05, 0.1) is 39.2 Å². The number of aromatic amines is 1. The Morgan fingerprint density at radius 2 is 1.59 bits per heavy atom. The summed E-state index contributed by atoms with van der Waals surface area (Å²) >= 11 is 0. The van der Waals surface area contributed by atoms with Gasteiger partial charge in [-0.2, -0.15) is 13.2 Å². The highest BCUT2D eigenvalue weighted by atomic mass is 35.5. The minimum Gasteiger partial charge on any atom is -0.453 e. The molecule has 0 unspecified atom stereocenters. The number of amides is 3. The quantitative estimate of drug-likeness (QED) is 0.217. The second kappa shape index (κ2) is 11.2. The van der Waals surface area contributed by atoms with Crippen LogP contribution in [0.5, 0.6) is 0 Å². The number of carbonyl (C=O) groups excluding carboxylic acids is 2. The van der Waals surface area contributed by atoms with Crippen molar-refractivity contribution < 1.29 is 40.3 Å². The molecule has 0 aliphatic heterocycles. The molecule has 0 radical (unpaired) electrons. The van der Waals surface area contributed by atoms with Gasteiger partial charge in [0.15, 0.2) is 0 Å². The number of imidazole rings is 1. The maximum absolute atomic E-state index is 13.9. The second-order valence-electron chi connectivity index (χ2n) is 7.68. The molecule has 1 heterocycles. The molecule has 0 aliphatic rings. The number of fused-ring (bicyclic) bond motifs is 1. The van der Waals surface area contributed by atoms with Crippen LogP contribution in [0.25, 0.3) is 11.0 Å². The molecule has 0 saturated carbocycles. The van der Waals surface area contributed by atoms with Crippen molar-refractivity contribution in [2.24, 2.45) is 0 Å². The van der Waals surface area contributed by atoms with Gasteiger partial charge in [-0.05, 0) is 60.7 Å². The zero-order chi connectivity index (χ0) is 27.7. The SMILES string of the molecule is COC(=O)Nc1nc2ccc(S(=O)(=O)c3ccc(NC(=O)Nc4cc(C(F)(F)F)ccc4F)cc3)cc2[nH]1.Cl. The summed E-state index contributed by atoms with van der Waals surface area (Å²) in [6.07, 6.45) is -5.49. The number of alkyl halides is 3. The third kappa shape index (κ3) is 6.56. The third-order valence-corrected chi connectivity index (χ3v) is 6.90. The van der Waals surface area contributed by atoms with Crippen LogP contribution in [-0.4, -0.2) is 37.6 Å². The molecule has 4 rings (SSSR count). The number of ether oxygens (including phenoxy) is 1. The van der Waals surface area contributed by atoms with Gasteiger partial charge in [0.25, 0.3) is 0 Å². The summed E-state index contributed by atoms with van der Waals surface area (Å²) in [7, 11) is -2.84. The molecule has 10 nitrogen and oxygen atoms in total. The fourth-order valence-electron chi connectivity index (χ4n) is 3.30. The largest absolute Gasteiger partial charge is 0.453 e. The first-order valence-corrected chi connectivity index (χ1v) is 12.0. The number of aromatic nitrogens is 2. The van der Waals surface area contributed by atoms with Gasteiger partial charge in [-0.15, -0.1) is 12.4 Å². The fourth-order valence-corrected chi connectivity index (χ4v) is 4.59. The minimum absolute atomic E-state index is 0. The Labute approximate surface area is 224 Å². The number of benzene rings is 3. The first-order valence-electron chi connectivity index (χ1n) is 10.5. The summed E-state index contributed by atoms with van der Waals surface area (Å²) in [6.45, 7) is 0. The lowest BCUT2D eigenvalue weighted by Gasteiger charge is -2.12. The fraction of sp³-hybridized carbons (Fsp3) is 0.0870. The van der Waals surface area contributed by atoms with Crippen molar-refractivity contribution in [1.29, 1.82) is 0 Å². The van der Waals surface area contributed by atoms with E-state index in [4.69, 9.17) is 0 Å². The molecule has 0 spiro atoms. The Morgan fingerprint density at radius 1 is 0.923 bits per heavy atom. The Morgan fingerprint density at radius 3 is 2.23 bits per heavy atom. The maximum atomic E-state index is 13.9. The van der Waals surface area contributed by atoms with Gasteiger partial charge in [0.2, 0.25) is 15.8 Å². The molecule has 4 aromatic rings. The molecule has 206 valence electrons. The Bertz CT molecular complexity index is 1640. The van der Waals surface area contributed by atoms with Crippen molar-refractivity contribution >= 4 is 62.7 Å². The number of rotatable bonds is 5. The van der Waals surface area contributed by atoms with E-state index in [1.807, 2.05) is 5.32 Å². The van der Waals surface area contributed by atoms with Gasteiger partial charge in [0.1, 0.15) is 5.82 Å². The van der Waals surface area contributed by atoms with Crippen LogP contribution in [0.3, 0.4) is 0 Å². The van der Waals surface area contributed by atoms with E-state index in [9.17, 15) is 35.6 Å². The molecule has 39 heavy (non-hydrogen) atoms. The lowest BCUT2D eigenvalue weighted by Crippen LogP contribution is -2.20. The molecule has 0 fully saturated rings. The molecular weight excluding hydrogens is 570 g/mol. The highest BCUT2D eigenvalue weighted by molar-refractivity contribution is 7.91. The summed E-state index contributed by atoms with van der Waals surface area (Å²) in [5, 5.41) is 6.61. The van der Waals surface area contributed by atoms with Crippen LogP contribution in [0.2, 0.25) is 0 Å². The first-order chi connectivity index (χ1) is 17.9. The van der Waals surface area contributed by atoms with Crippen LogP contribution >= 0.6 is 12.4 Å². The summed E-state index contributed by atoms with van der Waals surface area (Å²) in [5.41, 5.74) is -1.02. The van der Waals surface area contributed by atoms with E-state index in [0.717, 1.165) is 0 Å². The summed E-state index contributed by atoms with van der Waals surface area (Å²) in [5.74, 6) is -1.02. The normalized spacial score (nSPS) is 11.4. The molecule has 0 bridgehead atoms. The van der Waals surface area contributed by atoms with Crippen molar-refractivity contribution in [2.75, 3.05) is 23.1 Å². The predicted octanol–water partition coefficient (Wildman–Crippen LogP) is 5.80. The van der Waals surface area contributed by atoms with E-state index in [-0.39, 0.29) is 33.8 Å². The maximum Gasteiger partial charge on any atom is 0.416 e. The highest BCUT2D eigenvalue weighted by Crippen LogP contribution is 2.32. The Kier molecular flexibility index (Phi) is 8.36. The van der Waals surface area contributed by atoms with E-state index in [1.165, 1.54) is 49.6 Å². The summed E-state index contributed by atoms with van der Waals surface area (Å²) in [6, 6.07) is 9.53. The van der Waals surface area contributed by atoms with E-state index in [0.29, 0.717) is 29.2 Å². The van der Waals surface area contributed by atoms with Crippen molar-refractivity contribution in [3.8, 4) is 0 Å². The van der Waals surface area contributed by atoms with Crippen LogP contribution in [0.1, 0.15) is 5.56 Å². The van der Waals surface area contributed by atoms with Gasteiger partial charge in [0, 0.05) is 5.69 Å². The monoisotopic (exact) mass is 587 g/mol.